The van der Waals surface area contributed by atoms with Crippen LogP contribution in [0.3, 0.4) is 0 Å². The van der Waals surface area contributed by atoms with Crippen LogP contribution in [0.15, 0.2) is 103 Å². The Labute approximate surface area is 467 Å². The van der Waals surface area contributed by atoms with Crippen molar-refractivity contribution >= 4 is 57.5 Å². The van der Waals surface area contributed by atoms with Gasteiger partial charge in [0.15, 0.2) is 5.17 Å². The fourth-order valence-corrected chi connectivity index (χ4v) is 9.24. The zero-order valence-corrected chi connectivity index (χ0v) is 51.5. The van der Waals surface area contributed by atoms with Gasteiger partial charge in [-0.1, -0.05) is 195 Å². The Balaban J connectivity index is 0.000000496. The number of hydrogen-bond donors (Lipinski definition) is 2. The first-order valence-electron chi connectivity index (χ1n) is 28.4. The van der Waals surface area contributed by atoms with E-state index < -0.39 is 0 Å². The smallest absolute Gasteiger partial charge is 0.160 e. The van der Waals surface area contributed by atoms with Gasteiger partial charge in [0.25, 0.3) is 0 Å². The average molecular weight is 1050 g/mol. The summed E-state index contributed by atoms with van der Waals surface area (Å²) in [6.45, 7) is 42.3. The zero-order chi connectivity index (χ0) is 56.7. The number of thioether (sulfide) groups is 1. The molecule has 0 aromatic heterocycles. The first-order valence-corrected chi connectivity index (χ1v) is 29.6. The molecule has 2 N–H and O–H groups in total. The van der Waals surface area contributed by atoms with E-state index in [1.54, 1.807) is 17.8 Å². The number of para-hydroxylation sites is 4. The predicted octanol–water partition coefficient (Wildman–Crippen LogP) is 20.2. The number of hydrogen-bond acceptors (Lipinski definition) is 8. The van der Waals surface area contributed by atoms with Crippen molar-refractivity contribution in [3.8, 4) is 6.07 Å². The minimum absolute atomic E-state index is 0.425. The standard InChI is InChI=1S/C33H52N4S.C31H44N4.C2H3N/c1-22(2)27-16-14-17-28(23(3)4)31(27)36-26(9)34-20-12-11-13-21-35-33(38-10)37-32-29(24(5)6)18-15-19-30(32)25(7)8;1-22(2)26-14-12-15-27(23(3)4)30(26)34-20-32-18-10-9-11-19-33-21-35-31-28(24(5)6)16-13-17-29(31)25(7)8;1-2-3/h14-19,22-25H,11-13,20-21H2,1-10H3,(H,34,36)(H,35,37);12-17,22-25H,9-11,18-19H2,1-8H3;1H3. The molecular weight excluding hydrogens is 951 g/mol. The molecule has 0 unspecified atom stereocenters. The molecule has 4 rings (SSSR count). The molecule has 0 aliphatic carbocycles. The molecule has 0 atom stereocenters. The first kappa shape index (κ1) is 66.5. The summed E-state index contributed by atoms with van der Waals surface area (Å²) >= 11 is 1.69. The van der Waals surface area contributed by atoms with Crippen molar-refractivity contribution in [3.63, 3.8) is 0 Å². The summed E-state index contributed by atoms with van der Waals surface area (Å²) in [7, 11) is 0. The molecule has 0 saturated heterocycles. The summed E-state index contributed by atoms with van der Waals surface area (Å²) in [6.07, 6.45) is 8.46. The number of nitrogens with one attached hydrogen (secondary N) is 2. The topological polar surface area (TPSA) is 122 Å². The Morgan fingerprint density at radius 1 is 0.434 bits per heavy atom. The van der Waals surface area contributed by atoms with Gasteiger partial charge in [-0.05, 0) is 144 Å². The van der Waals surface area contributed by atoms with E-state index in [0.29, 0.717) is 47.3 Å². The number of nitrogens with zero attached hydrogens (tertiary/aromatic N) is 7. The van der Waals surface area contributed by atoms with Crippen LogP contribution in [-0.2, 0) is 0 Å². The highest BCUT2D eigenvalue weighted by atomic mass is 32.2. The number of benzene rings is 4. The van der Waals surface area contributed by atoms with Crippen molar-refractivity contribution in [1.82, 2.24) is 0 Å². The van der Waals surface area contributed by atoms with Crippen molar-refractivity contribution in [1.29, 1.82) is 5.26 Å². The molecule has 414 valence electrons. The molecule has 9 nitrogen and oxygen atoms in total. The number of unbranched alkanes of at least 4 members (excludes halogenated alkanes) is 4. The summed E-state index contributed by atoms with van der Waals surface area (Å²) in [5.41, 5.74) is 15.0. The lowest BCUT2D eigenvalue weighted by Crippen LogP contribution is -2.13. The molecule has 0 aliphatic rings. The first-order chi connectivity index (χ1) is 36.2. The Morgan fingerprint density at radius 3 is 1.01 bits per heavy atom. The lowest BCUT2D eigenvalue weighted by Gasteiger charge is -2.21. The van der Waals surface area contributed by atoms with Gasteiger partial charge < -0.3 is 10.6 Å². The van der Waals surface area contributed by atoms with Crippen molar-refractivity contribution in [2.45, 2.75) is 210 Å². The maximum atomic E-state index is 7.32. The molecule has 0 spiro atoms. The molecule has 0 heterocycles. The van der Waals surface area contributed by atoms with Gasteiger partial charge in [0.1, 0.15) is 0 Å². The van der Waals surface area contributed by atoms with Crippen LogP contribution in [0.25, 0.3) is 0 Å². The average Bonchev–Trinajstić information content (AvgIpc) is 3.37. The van der Waals surface area contributed by atoms with Crippen molar-refractivity contribution in [2.75, 3.05) is 43.1 Å². The molecule has 0 saturated carbocycles. The molecule has 10 heteroatoms. The van der Waals surface area contributed by atoms with E-state index in [0.717, 1.165) is 87.1 Å². The number of amidine groups is 2. The van der Waals surface area contributed by atoms with E-state index in [1.165, 1.54) is 62.8 Å². The van der Waals surface area contributed by atoms with Gasteiger partial charge in [0.05, 0.1) is 35.3 Å². The predicted molar refractivity (Wildman–Crippen MR) is 337 cm³/mol. The summed E-state index contributed by atoms with van der Waals surface area (Å²) in [6, 6.07) is 33.8. The minimum Gasteiger partial charge on any atom is -0.344 e. The van der Waals surface area contributed by atoms with E-state index in [-0.39, 0.29) is 0 Å². The Kier molecular flexibility index (Phi) is 31.9. The lowest BCUT2D eigenvalue weighted by molar-refractivity contribution is 0.696. The van der Waals surface area contributed by atoms with Crippen molar-refractivity contribution in [3.05, 3.63) is 117 Å². The normalized spacial score (nSPS) is 11.6. The maximum absolute atomic E-state index is 7.32. The van der Waals surface area contributed by atoms with Crippen LogP contribution in [0.4, 0.5) is 22.7 Å². The largest absolute Gasteiger partial charge is 0.344 e. The second kappa shape index (κ2) is 36.5. The SMILES string of the molecule is CC#N.CC(C)c1cccc(C(C)C)c1N=C=NCCCCCN=C=Nc1c(C(C)C)cccc1C(C)C.CSC(=NCCCCCN=C(C)Nc1c(C(C)C)cccc1C(C)C)Nc1c(C(C)C)cccc1C(C)C. The van der Waals surface area contributed by atoms with E-state index >= 15 is 0 Å². The highest BCUT2D eigenvalue weighted by molar-refractivity contribution is 8.13. The molecule has 4 aromatic rings. The van der Waals surface area contributed by atoms with Crippen LogP contribution in [0.1, 0.15) is 255 Å². The minimum atomic E-state index is 0.425. The fourth-order valence-electron chi connectivity index (χ4n) is 8.81. The van der Waals surface area contributed by atoms with Gasteiger partial charge in [0, 0.05) is 44.5 Å². The number of anilines is 2. The second-order valence-corrected chi connectivity index (χ2v) is 22.9. The van der Waals surface area contributed by atoms with Gasteiger partial charge in [-0.25, -0.2) is 9.98 Å². The molecule has 0 radical (unpaired) electrons. The van der Waals surface area contributed by atoms with Gasteiger partial charge >= 0.3 is 0 Å². The van der Waals surface area contributed by atoms with Crippen LogP contribution in [0.2, 0.25) is 0 Å². The summed E-state index contributed by atoms with van der Waals surface area (Å²) in [5, 5.41) is 15.6. The Hall–Kier alpha value is -5.58. The lowest BCUT2D eigenvalue weighted by atomic mass is 9.92. The van der Waals surface area contributed by atoms with E-state index in [4.69, 9.17) is 15.2 Å². The fraction of sp³-hybridized carbons (Fsp3) is 0.561. The Bertz CT molecular complexity index is 2390. The van der Waals surface area contributed by atoms with Gasteiger partial charge in [0.2, 0.25) is 0 Å². The quantitative estimate of drug-likeness (QED) is 0.0412. The van der Waals surface area contributed by atoms with Gasteiger partial charge in [-0.3, -0.25) is 9.98 Å². The van der Waals surface area contributed by atoms with Gasteiger partial charge in [-0.2, -0.15) is 15.2 Å². The molecule has 76 heavy (non-hydrogen) atoms. The summed E-state index contributed by atoms with van der Waals surface area (Å²) < 4.78 is 0. The molecule has 4 aromatic carbocycles. The molecule has 0 bridgehead atoms. The summed E-state index contributed by atoms with van der Waals surface area (Å²) in [5.74, 6) is 4.58. The highest BCUT2D eigenvalue weighted by Crippen LogP contribution is 2.37. The highest BCUT2D eigenvalue weighted by Gasteiger charge is 2.17. The van der Waals surface area contributed by atoms with Crippen molar-refractivity contribution < 1.29 is 0 Å². The van der Waals surface area contributed by atoms with Crippen molar-refractivity contribution in [2.24, 2.45) is 30.0 Å². The van der Waals surface area contributed by atoms with Crippen LogP contribution in [0, 0.1) is 11.3 Å². The molecule has 0 fully saturated rings. The van der Waals surface area contributed by atoms with Crippen LogP contribution in [0.5, 0.6) is 0 Å². The van der Waals surface area contributed by atoms with Crippen LogP contribution in [-0.4, -0.2) is 55.5 Å². The third kappa shape index (κ3) is 22.9. The Morgan fingerprint density at radius 2 is 0.711 bits per heavy atom. The number of nitriles is 1. The van der Waals surface area contributed by atoms with E-state index in [9.17, 15) is 0 Å². The molecule has 0 amide bonds. The van der Waals surface area contributed by atoms with E-state index in [1.807, 2.05) is 0 Å². The zero-order valence-electron chi connectivity index (χ0n) is 50.7. The second-order valence-electron chi connectivity index (χ2n) is 22.1. The molecular formula is C66H99N9S. The monoisotopic (exact) mass is 1050 g/mol. The van der Waals surface area contributed by atoms with Gasteiger partial charge in [-0.15, -0.1) is 0 Å². The number of rotatable bonds is 24. The van der Waals surface area contributed by atoms with Crippen LogP contribution >= 0.6 is 11.8 Å². The maximum Gasteiger partial charge on any atom is 0.160 e. The third-order valence-electron chi connectivity index (χ3n) is 13.1. The van der Waals surface area contributed by atoms with Crippen LogP contribution < -0.4 is 10.6 Å². The molecule has 0 aliphatic heterocycles. The summed E-state index contributed by atoms with van der Waals surface area (Å²) in [4.78, 5) is 27.8. The third-order valence-corrected chi connectivity index (χ3v) is 13.7. The number of aliphatic imine (C=N–C) groups is 6. The van der Waals surface area contributed by atoms with E-state index in [2.05, 4.69) is 239 Å².